The predicted octanol–water partition coefficient (Wildman–Crippen LogP) is 5.11. The Bertz CT molecular complexity index is 1140. The molecule has 33 heavy (non-hydrogen) atoms. The molecule has 9 heteroatoms. The van der Waals surface area contributed by atoms with Crippen LogP contribution in [-0.2, 0) is 9.53 Å². The summed E-state index contributed by atoms with van der Waals surface area (Å²) in [5.74, 6) is -1.38. The molecular weight excluding hydrogens is 437 g/mol. The molecule has 1 aliphatic rings. The standard InChI is InChI=1S/C24H27F3N2O4/c1-14(2)11-19(23(30)31)28-22(24(25,26)27)15-3-5-17-18-13-16(29-7-9-32-10-8-29)4-6-20(18)33-21(17)12-15/h3-6,12-14,19,22,28H,7-11H2,1-2H3,(H,30,31). The summed E-state index contributed by atoms with van der Waals surface area (Å²) in [7, 11) is 0. The van der Waals surface area contributed by atoms with E-state index in [-0.39, 0.29) is 17.9 Å². The van der Waals surface area contributed by atoms with Crippen LogP contribution in [0.3, 0.4) is 0 Å². The number of anilines is 1. The van der Waals surface area contributed by atoms with Crippen molar-refractivity contribution in [3.8, 4) is 0 Å². The molecule has 1 saturated heterocycles. The lowest BCUT2D eigenvalue weighted by molar-refractivity contribution is -0.163. The number of fused-ring (bicyclic) bond motifs is 3. The number of ether oxygens (including phenoxy) is 1. The van der Waals surface area contributed by atoms with Gasteiger partial charge < -0.3 is 19.2 Å². The number of nitrogens with one attached hydrogen (secondary N) is 1. The van der Waals surface area contributed by atoms with E-state index >= 15 is 0 Å². The van der Waals surface area contributed by atoms with Crippen LogP contribution in [0, 0.1) is 5.92 Å². The van der Waals surface area contributed by atoms with Gasteiger partial charge in [-0.25, -0.2) is 0 Å². The van der Waals surface area contributed by atoms with E-state index in [1.807, 2.05) is 18.2 Å². The summed E-state index contributed by atoms with van der Waals surface area (Å²) in [6.45, 7) is 6.37. The van der Waals surface area contributed by atoms with E-state index in [9.17, 15) is 23.1 Å². The van der Waals surface area contributed by atoms with Crippen molar-refractivity contribution < 1.29 is 32.2 Å². The molecule has 2 N–H and O–H groups in total. The van der Waals surface area contributed by atoms with Crippen LogP contribution in [0.2, 0.25) is 0 Å². The van der Waals surface area contributed by atoms with Gasteiger partial charge in [0, 0.05) is 29.5 Å². The Hall–Kier alpha value is -2.78. The fourth-order valence-corrected chi connectivity index (χ4v) is 4.27. The fraction of sp³-hybridized carbons (Fsp3) is 0.458. The lowest BCUT2D eigenvalue weighted by Crippen LogP contribution is -2.45. The van der Waals surface area contributed by atoms with Gasteiger partial charge in [-0.1, -0.05) is 26.0 Å². The smallest absolute Gasteiger partial charge is 0.407 e. The number of carboxylic acids is 1. The Morgan fingerprint density at radius 3 is 2.45 bits per heavy atom. The number of morpholine rings is 1. The molecule has 0 bridgehead atoms. The number of alkyl halides is 3. The zero-order valence-corrected chi connectivity index (χ0v) is 18.5. The number of carbonyl (C=O) groups is 1. The highest BCUT2D eigenvalue weighted by molar-refractivity contribution is 6.06. The van der Waals surface area contributed by atoms with Crippen molar-refractivity contribution in [2.24, 2.45) is 5.92 Å². The SMILES string of the molecule is CC(C)CC(NC(c1ccc2c(c1)oc1ccc(N3CCOCC3)cc12)C(F)(F)F)C(=O)O. The molecule has 0 aliphatic carbocycles. The number of furan rings is 1. The first-order valence-electron chi connectivity index (χ1n) is 11.0. The Balaban J connectivity index is 1.70. The lowest BCUT2D eigenvalue weighted by Gasteiger charge is -2.28. The molecule has 0 saturated carbocycles. The summed E-state index contributed by atoms with van der Waals surface area (Å²) in [6.07, 6.45) is -4.59. The predicted molar refractivity (Wildman–Crippen MR) is 120 cm³/mol. The van der Waals surface area contributed by atoms with Gasteiger partial charge in [-0.2, -0.15) is 13.2 Å². The monoisotopic (exact) mass is 464 g/mol. The third-order valence-corrected chi connectivity index (χ3v) is 5.89. The summed E-state index contributed by atoms with van der Waals surface area (Å²) < 4.78 is 53.0. The van der Waals surface area contributed by atoms with Crippen LogP contribution >= 0.6 is 0 Å². The molecule has 2 heterocycles. The maximum Gasteiger partial charge on any atom is 0.407 e. The highest BCUT2D eigenvalue weighted by Crippen LogP contribution is 2.38. The Kier molecular flexibility index (Phi) is 6.54. The molecule has 178 valence electrons. The molecule has 4 rings (SSSR count). The number of halogens is 3. The van der Waals surface area contributed by atoms with Crippen LogP contribution < -0.4 is 10.2 Å². The molecule has 3 aromatic rings. The van der Waals surface area contributed by atoms with E-state index in [2.05, 4.69) is 10.2 Å². The van der Waals surface area contributed by atoms with E-state index in [1.165, 1.54) is 12.1 Å². The molecular formula is C24H27F3N2O4. The van der Waals surface area contributed by atoms with Crippen LogP contribution in [0.1, 0.15) is 31.9 Å². The second kappa shape index (κ2) is 9.23. The van der Waals surface area contributed by atoms with Gasteiger partial charge in [0.1, 0.15) is 23.2 Å². The molecule has 0 amide bonds. The van der Waals surface area contributed by atoms with Crippen LogP contribution in [0.15, 0.2) is 40.8 Å². The van der Waals surface area contributed by atoms with Crippen molar-refractivity contribution >= 4 is 33.6 Å². The van der Waals surface area contributed by atoms with Crippen molar-refractivity contribution in [3.63, 3.8) is 0 Å². The van der Waals surface area contributed by atoms with E-state index in [1.54, 1.807) is 19.9 Å². The maximum absolute atomic E-state index is 13.9. The maximum atomic E-state index is 13.9. The topological polar surface area (TPSA) is 74.9 Å². The number of hydrogen-bond donors (Lipinski definition) is 2. The van der Waals surface area contributed by atoms with Gasteiger partial charge in [-0.15, -0.1) is 0 Å². The number of nitrogens with zero attached hydrogens (tertiary/aromatic N) is 1. The minimum Gasteiger partial charge on any atom is -0.480 e. The number of rotatable bonds is 7. The van der Waals surface area contributed by atoms with Gasteiger partial charge in [0.15, 0.2) is 0 Å². The van der Waals surface area contributed by atoms with Gasteiger partial charge in [0.25, 0.3) is 0 Å². The van der Waals surface area contributed by atoms with Crippen LogP contribution in [0.5, 0.6) is 0 Å². The Morgan fingerprint density at radius 2 is 1.82 bits per heavy atom. The zero-order chi connectivity index (χ0) is 23.8. The van der Waals surface area contributed by atoms with Crippen molar-refractivity contribution in [2.45, 2.75) is 38.5 Å². The first-order valence-corrected chi connectivity index (χ1v) is 11.0. The highest BCUT2D eigenvalue weighted by Gasteiger charge is 2.43. The normalized spacial score (nSPS) is 17.1. The minimum atomic E-state index is -4.67. The molecule has 1 aromatic heterocycles. The number of aliphatic carboxylic acids is 1. The van der Waals surface area contributed by atoms with Crippen molar-refractivity contribution in [1.82, 2.24) is 5.32 Å². The van der Waals surface area contributed by atoms with Gasteiger partial charge in [0.05, 0.1) is 13.2 Å². The second-order valence-electron chi connectivity index (χ2n) is 8.80. The van der Waals surface area contributed by atoms with Crippen molar-refractivity contribution in [2.75, 3.05) is 31.2 Å². The van der Waals surface area contributed by atoms with Crippen LogP contribution in [-0.4, -0.2) is 49.6 Å². The Morgan fingerprint density at radius 1 is 1.09 bits per heavy atom. The zero-order valence-electron chi connectivity index (χ0n) is 18.5. The molecule has 0 radical (unpaired) electrons. The number of carboxylic acid groups (broad SMARTS) is 1. The lowest BCUT2D eigenvalue weighted by atomic mass is 9.99. The number of benzene rings is 2. The van der Waals surface area contributed by atoms with E-state index in [0.29, 0.717) is 29.8 Å². The third-order valence-electron chi connectivity index (χ3n) is 5.89. The molecule has 1 aliphatic heterocycles. The molecule has 0 spiro atoms. The van der Waals surface area contributed by atoms with Gasteiger partial charge in [0.2, 0.25) is 0 Å². The summed E-state index contributed by atoms with van der Waals surface area (Å²) in [4.78, 5) is 13.8. The summed E-state index contributed by atoms with van der Waals surface area (Å²) in [5.41, 5.74) is 1.83. The van der Waals surface area contributed by atoms with Gasteiger partial charge in [-0.3, -0.25) is 10.1 Å². The molecule has 2 atom stereocenters. The molecule has 6 nitrogen and oxygen atoms in total. The summed E-state index contributed by atoms with van der Waals surface area (Å²) >= 11 is 0. The Labute approximate surface area is 189 Å². The quantitative estimate of drug-likeness (QED) is 0.506. The summed E-state index contributed by atoms with van der Waals surface area (Å²) in [5, 5.41) is 13.3. The molecule has 2 unspecified atom stereocenters. The second-order valence-corrected chi connectivity index (χ2v) is 8.80. The first-order chi connectivity index (χ1) is 15.6. The van der Waals surface area contributed by atoms with Crippen LogP contribution in [0.4, 0.5) is 18.9 Å². The average molecular weight is 464 g/mol. The van der Waals surface area contributed by atoms with Crippen molar-refractivity contribution in [3.05, 3.63) is 42.0 Å². The van der Waals surface area contributed by atoms with E-state index in [4.69, 9.17) is 9.15 Å². The summed E-state index contributed by atoms with van der Waals surface area (Å²) in [6, 6.07) is 6.63. The molecule has 2 aromatic carbocycles. The number of hydrogen-bond acceptors (Lipinski definition) is 5. The highest BCUT2D eigenvalue weighted by atomic mass is 19.4. The van der Waals surface area contributed by atoms with Crippen LogP contribution in [0.25, 0.3) is 21.9 Å². The fourth-order valence-electron chi connectivity index (χ4n) is 4.27. The average Bonchev–Trinajstić information content (AvgIpc) is 3.12. The third kappa shape index (κ3) is 5.09. The van der Waals surface area contributed by atoms with Gasteiger partial charge in [-0.05, 0) is 42.2 Å². The minimum absolute atomic E-state index is 0.0778. The first kappa shape index (κ1) is 23.4. The largest absolute Gasteiger partial charge is 0.480 e. The van der Waals surface area contributed by atoms with Gasteiger partial charge >= 0.3 is 12.1 Å². The molecule has 1 fully saturated rings. The van der Waals surface area contributed by atoms with E-state index in [0.717, 1.165) is 24.2 Å². The van der Waals surface area contributed by atoms with E-state index < -0.39 is 24.2 Å². The van der Waals surface area contributed by atoms with Crippen molar-refractivity contribution in [1.29, 1.82) is 0 Å².